The second kappa shape index (κ2) is 8.79. The van der Waals surface area contributed by atoms with Gasteiger partial charge in [-0.15, -0.1) is 0 Å². The lowest BCUT2D eigenvalue weighted by atomic mass is 9.85. The van der Waals surface area contributed by atoms with Crippen molar-refractivity contribution in [2.45, 2.75) is 13.3 Å². The quantitative estimate of drug-likeness (QED) is 0.216. The number of anilines is 1. The topological polar surface area (TPSA) is 131 Å². The Hall–Kier alpha value is -4.34. The number of nitrogens with zero attached hydrogens (tertiary/aromatic N) is 3. The lowest BCUT2D eigenvalue weighted by Gasteiger charge is -2.13. The summed E-state index contributed by atoms with van der Waals surface area (Å²) in [5.41, 5.74) is 1.48. The molecular formula is C25H22N4O6. The van der Waals surface area contributed by atoms with Gasteiger partial charge in [-0.1, -0.05) is 30.4 Å². The molecule has 2 fully saturated rings. The van der Waals surface area contributed by atoms with Crippen LogP contribution in [0.1, 0.15) is 17.5 Å². The molecule has 1 saturated carbocycles. The summed E-state index contributed by atoms with van der Waals surface area (Å²) in [4.78, 5) is 48.8. The zero-order valence-electron chi connectivity index (χ0n) is 18.8. The summed E-state index contributed by atoms with van der Waals surface area (Å²) in [5.74, 6) is -1.70. The highest BCUT2D eigenvalue weighted by atomic mass is 16.6. The average molecular weight is 474 g/mol. The number of hydrogen-bond donors (Lipinski definition) is 1. The molecule has 5 rings (SSSR count). The molecule has 3 aliphatic rings. The highest BCUT2D eigenvalue weighted by molar-refractivity contribution is 6.07. The van der Waals surface area contributed by atoms with Gasteiger partial charge in [0.15, 0.2) is 6.61 Å². The van der Waals surface area contributed by atoms with Crippen LogP contribution in [0.3, 0.4) is 0 Å². The van der Waals surface area contributed by atoms with E-state index in [2.05, 4.69) is 10.4 Å². The fraction of sp³-hybridized carbons (Fsp3) is 0.280. The number of non-ortho nitro benzene ring substituents is 1. The Bertz CT molecular complexity index is 1270. The first-order valence-electron chi connectivity index (χ1n) is 11.2. The van der Waals surface area contributed by atoms with Crippen LogP contribution in [0.4, 0.5) is 11.4 Å². The number of nitro benzene ring substituents is 1. The van der Waals surface area contributed by atoms with Gasteiger partial charge in [0, 0.05) is 23.4 Å². The highest BCUT2D eigenvalue weighted by Gasteiger charge is 2.59. The summed E-state index contributed by atoms with van der Waals surface area (Å²) < 4.78 is 5.61. The van der Waals surface area contributed by atoms with Crippen LogP contribution in [0, 0.1) is 40.7 Å². The molecule has 4 atom stereocenters. The van der Waals surface area contributed by atoms with Gasteiger partial charge in [-0.25, -0.2) is 0 Å². The minimum absolute atomic E-state index is 0.0464. The van der Waals surface area contributed by atoms with E-state index in [1.807, 2.05) is 31.2 Å². The van der Waals surface area contributed by atoms with Crippen molar-refractivity contribution in [2.75, 3.05) is 11.9 Å². The molecule has 0 spiro atoms. The molecule has 3 amide bonds. The van der Waals surface area contributed by atoms with Gasteiger partial charge in [-0.2, -0.15) is 10.1 Å². The normalized spacial score (nSPS) is 24.3. The van der Waals surface area contributed by atoms with Gasteiger partial charge in [0.25, 0.3) is 23.4 Å². The summed E-state index contributed by atoms with van der Waals surface area (Å²) in [6, 6.07) is 11.1. The van der Waals surface area contributed by atoms with Crippen LogP contribution in [0.25, 0.3) is 0 Å². The van der Waals surface area contributed by atoms with Crippen molar-refractivity contribution in [3.8, 4) is 5.75 Å². The molecule has 10 nitrogen and oxygen atoms in total. The average Bonchev–Trinajstić information content (AvgIpc) is 3.52. The molecule has 1 heterocycles. The van der Waals surface area contributed by atoms with Crippen molar-refractivity contribution >= 4 is 35.3 Å². The molecule has 35 heavy (non-hydrogen) atoms. The number of nitro groups is 1. The van der Waals surface area contributed by atoms with Gasteiger partial charge in [0.2, 0.25) is 0 Å². The number of ether oxygens (including phenoxy) is 1. The van der Waals surface area contributed by atoms with Gasteiger partial charge >= 0.3 is 0 Å². The van der Waals surface area contributed by atoms with Gasteiger partial charge in [0.1, 0.15) is 5.75 Å². The zero-order chi connectivity index (χ0) is 24.7. The first-order valence-corrected chi connectivity index (χ1v) is 11.2. The van der Waals surface area contributed by atoms with Crippen LogP contribution in [0.2, 0.25) is 0 Å². The summed E-state index contributed by atoms with van der Waals surface area (Å²) in [6.45, 7) is 1.51. The number of rotatable bonds is 7. The third-order valence-corrected chi connectivity index (χ3v) is 6.74. The molecule has 0 aromatic heterocycles. The number of benzene rings is 2. The number of fused-ring (bicyclic) bond motifs is 5. The van der Waals surface area contributed by atoms with E-state index in [9.17, 15) is 24.5 Å². The van der Waals surface area contributed by atoms with Gasteiger partial charge in [0.05, 0.1) is 23.0 Å². The summed E-state index contributed by atoms with van der Waals surface area (Å²) >= 11 is 0. The van der Waals surface area contributed by atoms with E-state index in [0.29, 0.717) is 5.69 Å². The second-order valence-electron chi connectivity index (χ2n) is 8.86. The number of imide groups is 1. The standard InChI is InChI=1S/C25H22N4O6/c1-14-4-2-3-5-19(14)27-21(30)13-35-20-9-8-18(29(33)34)11-17(20)12-26-28-24(31)22-15-6-7-16(10-15)23(22)25(28)32/h2-9,11-12,15-16,22-23H,10,13H2,1H3,(H,27,30)/t15-,16-,22-,23+/m0/s1. The summed E-state index contributed by atoms with van der Waals surface area (Å²) in [5, 5.41) is 19.0. The Kier molecular flexibility index (Phi) is 5.64. The van der Waals surface area contributed by atoms with E-state index in [1.54, 1.807) is 12.1 Å². The Morgan fingerprint density at radius 1 is 1.17 bits per heavy atom. The van der Waals surface area contributed by atoms with Crippen molar-refractivity contribution in [3.05, 3.63) is 75.9 Å². The molecule has 2 aromatic rings. The van der Waals surface area contributed by atoms with Crippen LogP contribution >= 0.6 is 0 Å². The molecule has 1 N–H and O–H groups in total. The third-order valence-electron chi connectivity index (χ3n) is 6.74. The van der Waals surface area contributed by atoms with Gasteiger partial charge < -0.3 is 10.1 Å². The Morgan fingerprint density at radius 2 is 1.86 bits per heavy atom. The zero-order valence-corrected chi connectivity index (χ0v) is 18.8. The number of aryl methyl sites for hydroxylation is 1. The lowest BCUT2D eigenvalue weighted by Crippen LogP contribution is -2.28. The van der Waals surface area contributed by atoms with Crippen LogP contribution in [0.15, 0.2) is 59.7 Å². The SMILES string of the molecule is Cc1ccccc1NC(=O)COc1ccc([N+](=O)[O-])cc1C=NN1C(=O)[C@@H]2[C@H](C1=O)[C@H]1C=C[C@H]2C1. The third kappa shape index (κ3) is 4.07. The maximum Gasteiger partial charge on any atom is 0.270 e. The molecule has 0 unspecified atom stereocenters. The molecule has 10 heteroatoms. The first kappa shape index (κ1) is 22.5. The summed E-state index contributed by atoms with van der Waals surface area (Å²) in [6.07, 6.45) is 5.96. The number of carbonyl (C=O) groups is 3. The highest BCUT2D eigenvalue weighted by Crippen LogP contribution is 2.52. The maximum atomic E-state index is 12.8. The van der Waals surface area contributed by atoms with E-state index >= 15 is 0 Å². The molecule has 178 valence electrons. The van der Waals surface area contributed by atoms with Crippen molar-refractivity contribution in [2.24, 2.45) is 28.8 Å². The largest absolute Gasteiger partial charge is 0.483 e. The molecule has 2 aliphatic carbocycles. The molecule has 2 aromatic carbocycles. The van der Waals surface area contributed by atoms with E-state index in [-0.39, 0.29) is 47.3 Å². The first-order chi connectivity index (χ1) is 16.8. The number of allylic oxidation sites excluding steroid dienone is 2. The smallest absolute Gasteiger partial charge is 0.270 e. The number of para-hydroxylation sites is 1. The predicted molar refractivity (Wildman–Crippen MR) is 126 cm³/mol. The van der Waals surface area contributed by atoms with E-state index in [4.69, 9.17) is 4.74 Å². The second-order valence-corrected chi connectivity index (χ2v) is 8.86. The molecule has 2 bridgehead atoms. The number of carbonyl (C=O) groups excluding carboxylic acids is 3. The molecule has 1 saturated heterocycles. The van der Waals surface area contributed by atoms with Crippen LogP contribution in [0.5, 0.6) is 5.75 Å². The lowest BCUT2D eigenvalue weighted by molar-refractivity contribution is -0.384. The van der Waals surface area contributed by atoms with E-state index < -0.39 is 22.7 Å². The number of hydrogen-bond acceptors (Lipinski definition) is 7. The maximum absolute atomic E-state index is 12.8. The van der Waals surface area contributed by atoms with Crippen LogP contribution in [-0.4, -0.2) is 40.5 Å². The Morgan fingerprint density at radius 3 is 2.51 bits per heavy atom. The van der Waals surface area contributed by atoms with Crippen molar-refractivity contribution in [3.63, 3.8) is 0 Å². The van der Waals surface area contributed by atoms with Crippen LogP contribution < -0.4 is 10.1 Å². The molecular weight excluding hydrogens is 452 g/mol. The van der Waals surface area contributed by atoms with Crippen molar-refractivity contribution in [1.29, 1.82) is 0 Å². The van der Waals surface area contributed by atoms with E-state index in [0.717, 1.165) is 17.0 Å². The molecule has 0 radical (unpaired) electrons. The molecule has 1 aliphatic heterocycles. The predicted octanol–water partition coefficient (Wildman–Crippen LogP) is 3.06. The Labute approximate surface area is 200 Å². The minimum Gasteiger partial charge on any atom is -0.483 e. The Balaban J connectivity index is 1.33. The van der Waals surface area contributed by atoms with Gasteiger partial charge in [-0.05, 0) is 42.9 Å². The summed E-state index contributed by atoms with van der Waals surface area (Å²) in [7, 11) is 0. The monoisotopic (exact) mass is 474 g/mol. The van der Waals surface area contributed by atoms with Crippen molar-refractivity contribution in [1.82, 2.24) is 5.01 Å². The fourth-order valence-corrected chi connectivity index (χ4v) is 5.04. The van der Waals surface area contributed by atoms with E-state index in [1.165, 1.54) is 24.4 Å². The van der Waals surface area contributed by atoms with Crippen molar-refractivity contribution < 1.29 is 24.0 Å². The van der Waals surface area contributed by atoms with Gasteiger partial charge in [-0.3, -0.25) is 24.5 Å². The fourth-order valence-electron chi connectivity index (χ4n) is 5.04. The number of amides is 3. The minimum atomic E-state index is -0.577. The number of nitrogens with one attached hydrogen (secondary N) is 1. The number of hydrazone groups is 1. The van der Waals surface area contributed by atoms with Crippen LogP contribution in [-0.2, 0) is 14.4 Å².